The number of nitrogens with zero attached hydrogens (tertiary/aromatic N) is 2. The van der Waals surface area contributed by atoms with E-state index in [2.05, 4.69) is 10.4 Å². The van der Waals surface area contributed by atoms with Gasteiger partial charge in [-0.3, -0.25) is 4.79 Å². The van der Waals surface area contributed by atoms with Crippen LogP contribution in [0.4, 0.5) is 0 Å². The van der Waals surface area contributed by atoms with Crippen molar-refractivity contribution >= 4 is 23.2 Å². The molecule has 0 bridgehead atoms. The normalized spacial score (nSPS) is 11.8. The number of thiophene rings is 1. The smallest absolute Gasteiger partial charge is 0.357 e. The molecule has 1 N–H and O–H groups in total. The van der Waals surface area contributed by atoms with Gasteiger partial charge in [-0.1, -0.05) is 24.3 Å². The van der Waals surface area contributed by atoms with Crippen LogP contribution in [-0.4, -0.2) is 34.3 Å². The fourth-order valence-corrected chi connectivity index (χ4v) is 3.11. The number of aromatic nitrogens is 2. The second-order valence-corrected chi connectivity index (χ2v) is 6.53. The summed E-state index contributed by atoms with van der Waals surface area (Å²) in [5.74, 6) is -0.923. The first-order valence-corrected chi connectivity index (χ1v) is 9.16. The highest BCUT2D eigenvalue weighted by Gasteiger charge is 2.23. The predicted molar refractivity (Wildman–Crippen MR) is 100 cm³/mol. The Morgan fingerprint density at radius 2 is 2.00 bits per heavy atom. The molecule has 1 amide bonds. The number of amides is 1. The Balaban J connectivity index is 1.94. The molecule has 0 fully saturated rings. The molecule has 7 heteroatoms. The fourth-order valence-electron chi connectivity index (χ4n) is 2.43. The monoisotopic (exact) mass is 369 g/mol. The number of carbonyl (C=O) groups is 2. The number of rotatable bonds is 6. The Bertz CT molecular complexity index is 888. The Morgan fingerprint density at radius 3 is 2.65 bits per heavy atom. The first-order valence-electron chi connectivity index (χ1n) is 8.28. The van der Waals surface area contributed by atoms with Crippen LogP contribution in [0.25, 0.3) is 16.3 Å². The Labute approximate surface area is 155 Å². The van der Waals surface area contributed by atoms with Crippen LogP contribution >= 0.6 is 11.3 Å². The van der Waals surface area contributed by atoms with Crippen molar-refractivity contribution in [1.82, 2.24) is 15.1 Å². The van der Waals surface area contributed by atoms with Gasteiger partial charge in [0, 0.05) is 12.6 Å². The van der Waals surface area contributed by atoms with Crippen LogP contribution in [0.15, 0.2) is 53.9 Å². The number of carbonyl (C=O) groups excluding carboxylic acids is 2. The molecule has 134 valence electrons. The van der Waals surface area contributed by atoms with Crippen molar-refractivity contribution in [2.45, 2.75) is 20.0 Å². The van der Waals surface area contributed by atoms with Crippen molar-refractivity contribution in [1.29, 1.82) is 0 Å². The minimum Gasteiger partial charge on any atom is -0.448 e. The highest BCUT2D eigenvalue weighted by atomic mass is 32.1. The van der Waals surface area contributed by atoms with E-state index < -0.39 is 12.1 Å². The first-order chi connectivity index (χ1) is 12.6. The summed E-state index contributed by atoms with van der Waals surface area (Å²) >= 11 is 1.54. The minimum absolute atomic E-state index is 0.274. The first kappa shape index (κ1) is 17.9. The van der Waals surface area contributed by atoms with Gasteiger partial charge in [0.2, 0.25) is 0 Å². The van der Waals surface area contributed by atoms with Crippen LogP contribution in [0.3, 0.4) is 0 Å². The zero-order chi connectivity index (χ0) is 18.5. The molecule has 0 aliphatic heterocycles. The van der Waals surface area contributed by atoms with E-state index in [9.17, 15) is 9.59 Å². The molecular formula is C19H19N3O3S. The largest absolute Gasteiger partial charge is 0.448 e. The van der Waals surface area contributed by atoms with E-state index in [1.165, 1.54) is 11.3 Å². The van der Waals surface area contributed by atoms with Crippen molar-refractivity contribution in [2.75, 3.05) is 6.54 Å². The average molecular weight is 369 g/mol. The van der Waals surface area contributed by atoms with Gasteiger partial charge in [-0.15, -0.1) is 11.3 Å². The third-order valence-electron chi connectivity index (χ3n) is 3.70. The molecule has 0 saturated carbocycles. The summed E-state index contributed by atoms with van der Waals surface area (Å²) in [5.41, 5.74) is 1.70. The molecular weight excluding hydrogens is 350 g/mol. The Morgan fingerprint density at radius 1 is 1.23 bits per heavy atom. The van der Waals surface area contributed by atoms with E-state index in [1.54, 1.807) is 17.7 Å². The number of para-hydroxylation sites is 1. The van der Waals surface area contributed by atoms with Crippen LogP contribution in [0.5, 0.6) is 0 Å². The molecule has 0 radical (unpaired) electrons. The van der Waals surface area contributed by atoms with Gasteiger partial charge < -0.3 is 10.1 Å². The van der Waals surface area contributed by atoms with Gasteiger partial charge in [0.05, 0.1) is 10.6 Å². The van der Waals surface area contributed by atoms with Crippen LogP contribution in [-0.2, 0) is 9.53 Å². The predicted octanol–water partition coefficient (Wildman–Crippen LogP) is 3.28. The number of nitrogens with one attached hydrogen (secondary N) is 1. The van der Waals surface area contributed by atoms with Crippen molar-refractivity contribution in [2.24, 2.45) is 0 Å². The van der Waals surface area contributed by atoms with Gasteiger partial charge in [-0.25, -0.2) is 9.48 Å². The highest BCUT2D eigenvalue weighted by Crippen LogP contribution is 2.26. The van der Waals surface area contributed by atoms with Crippen LogP contribution < -0.4 is 5.32 Å². The van der Waals surface area contributed by atoms with Gasteiger partial charge in [-0.05, 0) is 37.4 Å². The van der Waals surface area contributed by atoms with Gasteiger partial charge in [0.15, 0.2) is 11.8 Å². The summed E-state index contributed by atoms with van der Waals surface area (Å²) in [7, 11) is 0. The average Bonchev–Trinajstić information content (AvgIpc) is 3.32. The van der Waals surface area contributed by atoms with Gasteiger partial charge in [-0.2, -0.15) is 5.10 Å². The number of hydrogen-bond donors (Lipinski definition) is 1. The molecule has 0 spiro atoms. The number of benzene rings is 1. The Hall–Kier alpha value is -2.93. The molecule has 0 saturated heterocycles. The zero-order valence-electron chi connectivity index (χ0n) is 14.5. The van der Waals surface area contributed by atoms with E-state index in [0.717, 1.165) is 10.6 Å². The number of esters is 1. The molecule has 0 aliphatic carbocycles. The second kappa shape index (κ2) is 7.97. The standard InChI is InChI=1S/C19H19N3O3S/c1-3-20-18(23)13(2)25-19(24)16-12-15(17-10-7-11-26-17)21-22(16)14-8-5-4-6-9-14/h4-13H,3H2,1-2H3,(H,20,23)/t13-/m1/s1. The lowest BCUT2D eigenvalue weighted by Crippen LogP contribution is -2.35. The molecule has 6 nitrogen and oxygen atoms in total. The maximum absolute atomic E-state index is 12.7. The molecule has 1 atom stereocenters. The van der Waals surface area contributed by atoms with E-state index >= 15 is 0 Å². The summed E-state index contributed by atoms with van der Waals surface area (Å²) in [5, 5.41) is 9.15. The minimum atomic E-state index is -0.883. The Kier molecular flexibility index (Phi) is 5.48. The van der Waals surface area contributed by atoms with Gasteiger partial charge in [0.25, 0.3) is 5.91 Å². The molecule has 3 rings (SSSR count). The van der Waals surface area contributed by atoms with Crippen LogP contribution in [0.1, 0.15) is 24.3 Å². The summed E-state index contributed by atoms with van der Waals surface area (Å²) in [6.45, 7) is 3.84. The summed E-state index contributed by atoms with van der Waals surface area (Å²) < 4.78 is 6.88. The van der Waals surface area contributed by atoms with Crippen molar-refractivity contribution in [3.8, 4) is 16.3 Å². The van der Waals surface area contributed by atoms with E-state index in [-0.39, 0.29) is 11.6 Å². The second-order valence-electron chi connectivity index (χ2n) is 5.58. The molecule has 2 heterocycles. The molecule has 0 aliphatic rings. The molecule has 3 aromatic rings. The maximum Gasteiger partial charge on any atom is 0.357 e. The maximum atomic E-state index is 12.7. The van der Waals surface area contributed by atoms with Crippen molar-refractivity contribution in [3.63, 3.8) is 0 Å². The summed E-state index contributed by atoms with van der Waals surface area (Å²) in [6.07, 6.45) is -0.883. The summed E-state index contributed by atoms with van der Waals surface area (Å²) in [6, 6.07) is 14.9. The molecule has 0 unspecified atom stereocenters. The zero-order valence-corrected chi connectivity index (χ0v) is 15.3. The van der Waals surface area contributed by atoms with Crippen molar-refractivity contribution in [3.05, 3.63) is 59.6 Å². The lowest BCUT2D eigenvalue weighted by atomic mass is 10.3. The topological polar surface area (TPSA) is 73.2 Å². The van der Waals surface area contributed by atoms with Gasteiger partial charge in [0.1, 0.15) is 5.69 Å². The number of likely N-dealkylation sites (N-methyl/N-ethyl adjacent to an activating group) is 1. The van der Waals surface area contributed by atoms with Crippen molar-refractivity contribution < 1.29 is 14.3 Å². The van der Waals surface area contributed by atoms with E-state index in [0.29, 0.717) is 12.2 Å². The lowest BCUT2D eigenvalue weighted by molar-refractivity contribution is -0.128. The third kappa shape index (κ3) is 3.83. The third-order valence-corrected chi connectivity index (χ3v) is 4.59. The number of ether oxygens (including phenoxy) is 1. The SMILES string of the molecule is CCNC(=O)[C@@H](C)OC(=O)c1cc(-c2cccs2)nn1-c1ccccc1. The highest BCUT2D eigenvalue weighted by molar-refractivity contribution is 7.13. The lowest BCUT2D eigenvalue weighted by Gasteiger charge is -2.13. The van der Waals surface area contributed by atoms with Crippen LogP contribution in [0.2, 0.25) is 0 Å². The van der Waals surface area contributed by atoms with Gasteiger partial charge >= 0.3 is 5.97 Å². The fraction of sp³-hybridized carbons (Fsp3) is 0.211. The van der Waals surface area contributed by atoms with Crippen LogP contribution in [0, 0.1) is 0 Å². The molecule has 26 heavy (non-hydrogen) atoms. The number of hydrogen-bond acceptors (Lipinski definition) is 5. The summed E-state index contributed by atoms with van der Waals surface area (Å²) in [4.78, 5) is 25.5. The molecule has 1 aromatic carbocycles. The van der Waals surface area contributed by atoms with E-state index in [4.69, 9.17) is 4.74 Å². The molecule has 2 aromatic heterocycles. The van der Waals surface area contributed by atoms with E-state index in [1.807, 2.05) is 54.8 Å². The quantitative estimate of drug-likeness (QED) is 0.677.